The van der Waals surface area contributed by atoms with Crippen LogP contribution in [0.2, 0.25) is 0 Å². The molecule has 0 amide bonds. The summed E-state index contributed by atoms with van der Waals surface area (Å²) in [6.07, 6.45) is 16.2. The summed E-state index contributed by atoms with van der Waals surface area (Å²) >= 11 is 0. The number of fused-ring (bicyclic) bond motifs is 2. The Morgan fingerprint density at radius 2 is 1.15 bits per heavy atom. The molecule has 2 aliphatic carbocycles. The summed E-state index contributed by atoms with van der Waals surface area (Å²) in [6.45, 7) is 7.12. The van der Waals surface area contributed by atoms with Crippen molar-refractivity contribution < 1.29 is 28.5 Å². The summed E-state index contributed by atoms with van der Waals surface area (Å²) in [5.41, 5.74) is 1.25. The fraction of sp³-hybridized carbons (Fsp3) is 0.610. The first-order valence-electron chi connectivity index (χ1n) is 18.5. The average molecular weight is 645 g/mol. The van der Waals surface area contributed by atoms with Gasteiger partial charge in [0.25, 0.3) is 0 Å². The van der Waals surface area contributed by atoms with Crippen molar-refractivity contribution in [3.63, 3.8) is 0 Å². The van der Waals surface area contributed by atoms with Crippen LogP contribution in [0.3, 0.4) is 0 Å². The molecule has 2 fully saturated rings. The minimum absolute atomic E-state index is 0.190. The van der Waals surface area contributed by atoms with E-state index in [1.165, 1.54) is 56.9 Å². The number of hydrogen-bond acceptors (Lipinski definition) is 6. The molecule has 0 bridgehead atoms. The minimum Gasteiger partial charge on any atom is -0.489 e. The molecule has 0 N–H and O–H groups in total. The van der Waals surface area contributed by atoms with Crippen LogP contribution in [0.1, 0.15) is 123 Å². The van der Waals surface area contributed by atoms with Gasteiger partial charge in [-0.3, -0.25) is 9.59 Å². The Morgan fingerprint density at radius 3 is 1.66 bits per heavy atom. The van der Waals surface area contributed by atoms with Crippen molar-refractivity contribution in [3.05, 3.63) is 48.0 Å². The first-order chi connectivity index (χ1) is 22.9. The molecule has 2 saturated carbocycles. The number of rotatable bonds is 16. The second-order valence-electron chi connectivity index (χ2n) is 14.2. The van der Waals surface area contributed by atoms with Crippen LogP contribution < -0.4 is 9.47 Å². The van der Waals surface area contributed by atoms with E-state index in [2.05, 4.69) is 31.2 Å². The third kappa shape index (κ3) is 10.1. The molecule has 6 nitrogen and oxygen atoms in total. The zero-order valence-electron chi connectivity index (χ0n) is 29.0. The van der Waals surface area contributed by atoms with Crippen LogP contribution >= 0.6 is 0 Å². The molecule has 3 aromatic rings. The van der Waals surface area contributed by atoms with Gasteiger partial charge in [0.05, 0.1) is 26.1 Å². The quantitative estimate of drug-likeness (QED) is 0.0878. The second-order valence-corrected chi connectivity index (χ2v) is 14.2. The SMILES string of the molecule is CCCCCc1ccc2c(OC(C)CC(=O)OCC3CCCCC3)c3ccccc3c(OC(C)CC(=O)OCC3CCCCC3)c2c1. The first-order valence-corrected chi connectivity index (χ1v) is 18.5. The lowest BCUT2D eigenvalue weighted by molar-refractivity contribution is -0.148. The third-order valence-electron chi connectivity index (χ3n) is 10.0. The van der Waals surface area contributed by atoms with E-state index in [0.717, 1.165) is 71.6 Å². The summed E-state index contributed by atoms with van der Waals surface area (Å²) < 4.78 is 24.7. The van der Waals surface area contributed by atoms with E-state index >= 15 is 0 Å². The van der Waals surface area contributed by atoms with Crippen molar-refractivity contribution >= 4 is 33.5 Å². The van der Waals surface area contributed by atoms with E-state index in [1.54, 1.807) is 0 Å². The van der Waals surface area contributed by atoms with Gasteiger partial charge in [-0.2, -0.15) is 0 Å². The number of aryl methyl sites for hydroxylation is 1. The fourth-order valence-electron chi connectivity index (χ4n) is 7.34. The zero-order chi connectivity index (χ0) is 33.0. The Balaban J connectivity index is 1.36. The van der Waals surface area contributed by atoms with Gasteiger partial charge in [-0.15, -0.1) is 0 Å². The summed E-state index contributed by atoms with van der Waals surface area (Å²) in [5, 5.41) is 3.74. The smallest absolute Gasteiger partial charge is 0.309 e. The van der Waals surface area contributed by atoms with Gasteiger partial charge in [0.1, 0.15) is 23.7 Å². The second kappa shape index (κ2) is 17.8. The van der Waals surface area contributed by atoms with Crippen molar-refractivity contribution in [2.45, 2.75) is 136 Å². The Morgan fingerprint density at radius 1 is 0.660 bits per heavy atom. The van der Waals surface area contributed by atoms with E-state index in [-0.39, 0.29) is 37.0 Å². The number of carbonyl (C=O) groups excluding carboxylic acids is 2. The maximum atomic E-state index is 12.9. The molecular weight excluding hydrogens is 588 g/mol. The van der Waals surface area contributed by atoms with Crippen molar-refractivity contribution in [1.29, 1.82) is 0 Å². The summed E-state index contributed by atoms with van der Waals surface area (Å²) in [5.74, 6) is 2.05. The van der Waals surface area contributed by atoms with E-state index < -0.39 is 0 Å². The predicted molar refractivity (Wildman–Crippen MR) is 189 cm³/mol. The molecule has 0 aromatic heterocycles. The van der Waals surface area contributed by atoms with Gasteiger partial charge >= 0.3 is 11.9 Å². The molecule has 2 atom stereocenters. The van der Waals surface area contributed by atoms with E-state index in [9.17, 15) is 9.59 Å². The predicted octanol–water partition coefficient (Wildman–Crippen LogP) is 10.3. The van der Waals surface area contributed by atoms with Gasteiger partial charge < -0.3 is 18.9 Å². The molecule has 2 aliphatic rings. The maximum Gasteiger partial charge on any atom is 0.309 e. The van der Waals surface area contributed by atoms with Crippen LogP contribution in [0.15, 0.2) is 42.5 Å². The monoisotopic (exact) mass is 644 g/mol. The number of unbranched alkanes of at least 4 members (excludes halogenated alkanes) is 2. The van der Waals surface area contributed by atoms with Crippen LogP contribution in [0.5, 0.6) is 11.5 Å². The highest BCUT2D eigenvalue weighted by Gasteiger charge is 2.23. The lowest BCUT2D eigenvalue weighted by Crippen LogP contribution is -2.23. The first kappa shape index (κ1) is 35.0. The molecule has 6 heteroatoms. The van der Waals surface area contributed by atoms with E-state index in [0.29, 0.717) is 25.0 Å². The Bertz CT molecular complexity index is 1450. The molecule has 2 unspecified atom stereocenters. The standard InChI is InChI=1S/C41H56O6/c1-4-5-8-15-31-22-23-36-37(26-31)41(47-30(3)25-39(43)45-28-33-18-11-7-12-19-33)35-21-14-13-20-34(35)40(36)46-29(2)24-38(42)44-27-32-16-9-6-10-17-32/h13-14,20-23,26,29-30,32-33H,4-12,15-19,24-25,27-28H2,1-3H3. The van der Waals surface area contributed by atoms with Gasteiger partial charge in [-0.05, 0) is 75.8 Å². The highest BCUT2D eigenvalue weighted by molar-refractivity contribution is 6.11. The summed E-state index contributed by atoms with van der Waals surface area (Å²) in [6, 6.07) is 14.6. The number of ether oxygens (including phenoxy) is 4. The molecule has 0 radical (unpaired) electrons. The number of hydrogen-bond donors (Lipinski definition) is 0. The van der Waals surface area contributed by atoms with Crippen molar-refractivity contribution in [3.8, 4) is 11.5 Å². The molecule has 0 spiro atoms. The molecule has 256 valence electrons. The van der Waals surface area contributed by atoms with Crippen LogP contribution in [-0.2, 0) is 25.5 Å². The van der Waals surface area contributed by atoms with Gasteiger partial charge in [0.15, 0.2) is 0 Å². The Labute approximate surface area is 281 Å². The average Bonchev–Trinajstić information content (AvgIpc) is 3.09. The molecule has 0 saturated heterocycles. The van der Waals surface area contributed by atoms with Crippen LogP contribution in [0, 0.1) is 11.8 Å². The maximum absolute atomic E-state index is 12.9. The normalized spacial score (nSPS) is 17.3. The number of esters is 2. The molecule has 3 aromatic carbocycles. The van der Waals surface area contributed by atoms with Gasteiger partial charge in [0, 0.05) is 21.5 Å². The van der Waals surface area contributed by atoms with E-state index in [4.69, 9.17) is 18.9 Å². The number of benzene rings is 3. The van der Waals surface area contributed by atoms with Gasteiger partial charge in [0.2, 0.25) is 0 Å². The largest absolute Gasteiger partial charge is 0.489 e. The lowest BCUT2D eigenvalue weighted by Gasteiger charge is -2.24. The molecule has 5 rings (SSSR count). The fourth-order valence-corrected chi connectivity index (χ4v) is 7.34. The topological polar surface area (TPSA) is 71.1 Å². The summed E-state index contributed by atoms with van der Waals surface area (Å²) in [7, 11) is 0. The summed E-state index contributed by atoms with van der Waals surface area (Å²) in [4.78, 5) is 25.7. The van der Waals surface area contributed by atoms with Crippen LogP contribution in [-0.4, -0.2) is 37.4 Å². The third-order valence-corrected chi connectivity index (χ3v) is 10.0. The van der Waals surface area contributed by atoms with Gasteiger partial charge in [-0.1, -0.05) is 94.7 Å². The van der Waals surface area contributed by atoms with E-state index in [1.807, 2.05) is 32.0 Å². The van der Waals surface area contributed by atoms with Crippen LogP contribution in [0.25, 0.3) is 21.5 Å². The van der Waals surface area contributed by atoms with Crippen molar-refractivity contribution in [2.75, 3.05) is 13.2 Å². The molecule has 0 heterocycles. The molecule has 0 aliphatic heterocycles. The number of carbonyl (C=O) groups is 2. The van der Waals surface area contributed by atoms with Crippen LogP contribution in [0.4, 0.5) is 0 Å². The van der Waals surface area contributed by atoms with Crippen molar-refractivity contribution in [1.82, 2.24) is 0 Å². The Kier molecular flexibility index (Phi) is 13.2. The lowest BCUT2D eigenvalue weighted by atomic mass is 9.90. The molecular formula is C41H56O6. The highest BCUT2D eigenvalue weighted by atomic mass is 16.5. The minimum atomic E-state index is -0.367. The molecule has 47 heavy (non-hydrogen) atoms. The zero-order valence-corrected chi connectivity index (χ0v) is 29.0. The van der Waals surface area contributed by atoms with Gasteiger partial charge in [-0.25, -0.2) is 0 Å². The highest BCUT2D eigenvalue weighted by Crippen LogP contribution is 2.44. The Hall–Kier alpha value is -3.28. The van der Waals surface area contributed by atoms with Crippen molar-refractivity contribution in [2.24, 2.45) is 11.8 Å².